The van der Waals surface area contributed by atoms with Crippen LogP contribution in [0.5, 0.6) is 5.75 Å². The molecule has 10 heteroatoms. The number of aromatic hydroxyl groups is 1. The molecule has 2 amide bonds. The van der Waals surface area contributed by atoms with Crippen LogP contribution in [0.4, 0.5) is 5.95 Å². The molecule has 0 unspecified atom stereocenters. The van der Waals surface area contributed by atoms with Crippen LogP contribution in [0, 0.1) is 0 Å². The number of hydrogen-bond donors (Lipinski definition) is 2. The highest BCUT2D eigenvalue weighted by atomic mass is 35.5. The van der Waals surface area contributed by atoms with Crippen molar-refractivity contribution < 1.29 is 14.7 Å². The second-order valence-corrected chi connectivity index (χ2v) is 9.23. The van der Waals surface area contributed by atoms with E-state index >= 15 is 0 Å². The van der Waals surface area contributed by atoms with Gasteiger partial charge in [0.1, 0.15) is 5.75 Å². The SMILES string of the molecule is O=C(N/N=C/c1ccc(CC(=O)N2CCN(c3ncccn3)CC2)c2ccccc12)c1ccc(O)c(Cl)c1. The lowest BCUT2D eigenvalue weighted by molar-refractivity contribution is -0.130. The van der Waals surface area contributed by atoms with Gasteiger partial charge in [-0.25, -0.2) is 15.4 Å². The third-order valence-electron chi connectivity index (χ3n) is 6.44. The fourth-order valence-electron chi connectivity index (χ4n) is 4.41. The number of carbonyl (C=O) groups excluding carboxylic acids is 2. The lowest BCUT2D eigenvalue weighted by atomic mass is 9.97. The minimum absolute atomic E-state index is 0.0741. The Balaban J connectivity index is 1.25. The van der Waals surface area contributed by atoms with Crippen molar-refractivity contribution in [3.8, 4) is 5.75 Å². The summed E-state index contributed by atoms with van der Waals surface area (Å²) in [5.74, 6) is 0.213. The number of piperazine rings is 1. The summed E-state index contributed by atoms with van der Waals surface area (Å²) >= 11 is 5.88. The quantitative estimate of drug-likeness (QED) is 0.292. The van der Waals surface area contributed by atoms with Crippen LogP contribution in [0.15, 0.2) is 78.2 Å². The highest BCUT2D eigenvalue weighted by Gasteiger charge is 2.23. The van der Waals surface area contributed by atoms with Crippen LogP contribution < -0.4 is 10.3 Å². The Bertz CT molecular complexity index is 1500. The molecule has 4 aromatic rings. The number of nitrogens with one attached hydrogen (secondary N) is 1. The zero-order valence-corrected chi connectivity index (χ0v) is 21.2. The van der Waals surface area contributed by atoms with E-state index in [0.29, 0.717) is 32.1 Å². The van der Waals surface area contributed by atoms with Crippen LogP contribution in [0.1, 0.15) is 21.5 Å². The van der Waals surface area contributed by atoms with Crippen molar-refractivity contribution in [1.29, 1.82) is 0 Å². The predicted molar refractivity (Wildman–Crippen MR) is 147 cm³/mol. The Morgan fingerprint density at radius 2 is 1.71 bits per heavy atom. The maximum absolute atomic E-state index is 13.1. The van der Waals surface area contributed by atoms with E-state index in [-0.39, 0.29) is 28.7 Å². The van der Waals surface area contributed by atoms with E-state index in [4.69, 9.17) is 11.6 Å². The van der Waals surface area contributed by atoms with Gasteiger partial charge in [0.2, 0.25) is 11.9 Å². The molecule has 0 saturated carbocycles. The van der Waals surface area contributed by atoms with Crippen molar-refractivity contribution in [3.05, 3.63) is 94.8 Å². The fourth-order valence-corrected chi connectivity index (χ4v) is 4.59. The van der Waals surface area contributed by atoms with Crippen molar-refractivity contribution in [2.75, 3.05) is 31.1 Å². The number of nitrogens with zero attached hydrogens (tertiary/aromatic N) is 5. The molecule has 1 aliphatic rings. The standard InChI is InChI=1S/C28H25ClN6O3/c29-24-16-20(8-9-25(24)36)27(38)33-32-18-21-7-6-19(22-4-1-2-5-23(21)22)17-26(37)34-12-14-35(15-13-34)28-30-10-3-11-31-28/h1-11,16,18,36H,12-15,17H2,(H,33,38)/b32-18+. The van der Waals surface area contributed by atoms with Crippen LogP contribution in [-0.2, 0) is 11.2 Å². The van der Waals surface area contributed by atoms with Gasteiger partial charge in [0.05, 0.1) is 17.7 Å². The van der Waals surface area contributed by atoms with Crippen molar-refractivity contribution in [3.63, 3.8) is 0 Å². The molecular formula is C28H25ClN6O3. The number of benzene rings is 3. The Hall–Kier alpha value is -4.50. The number of halogens is 1. The lowest BCUT2D eigenvalue weighted by Gasteiger charge is -2.34. The van der Waals surface area contributed by atoms with Crippen LogP contribution in [0.3, 0.4) is 0 Å². The summed E-state index contributed by atoms with van der Waals surface area (Å²) < 4.78 is 0. The monoisotopic (exact) mass is 528 g/mol. The van der Waals surface area contributed by atoms with E-state index in [1.54, 1.807) is 24.7 Å². The normalized spacial score (nSPS) is 13.7. The van der Waals surface area contributed by atoms with Gasteiger partial charge in [-0.2, -0.15) is 5.10 Å². The number of amides is 2. The van der Waals surface area contributed by atoms with E-state index < -0.39 is 5.91 Å². The third kappa shape index (κ3) is 5.57. The highest BCUT2D eigenvalue weighted by Crippen LogP contribution is 2.25. The number of phenolic OH excluding ortho intramolecular Hbond substituents is 1. The predicted octanol–water partition coefficient (Wildman–Crippen LogP) is 3.64. The smallest absolute Gasteiger partial charge is 0.271 e. The average Bonchev–Trinajstić information content (AvgIpc) is 2.96. The Labute approximate surface area is 224 Å². The molecule has 0 atom stereocenters. The third-order valence-corrected chi connectivity index (χ3v) is 6.74. The molecule has 2 heterocycles. The van der Waals surface area contributed by atoms with Crippen LogP contribution in [0.25, 0.3) is 10.8 Å². The molecule has 1 aromatic heterocycles. The fraction of sp³-hybridized carbons (Fsp3) is 0.179. The minimum atomic E-state index is -0.450. The van der Waals surface area contributed by atoms with Crippen molar-refractivity contribution >= 4 is 46.4 Å². The summed E-state index contributed by atoms with van der Waals surface area (Å²) in [5.41, 5.74) is 4.49. The highest BCUT2D eigenvalue weighted by molar-refractivity contribution is 6.32. The van der Waals surface area contributed by atoms with Gasteiger partial charge in [-0.3, -0.25) is 9.59 Å². The summed E-state index contributed by atoms with van der Waals surface area (Å²) in [5, 5.41) is 15.6. The first kappa shape index (κ1) is 25.2. The van der Waals surface area contributed by atoms with E-state index in [9.17, 15) is 14.7 Å². The van der Waals surface area contributed by atoms with Gasteiger partial charge in [0.15, 0.2) is 0 Å². The molecule has 0 spiro atoms. The van der Waals surface area contributed by atoms with Gasteiger partial charge in [-0.05, 0) is 40.6 Å². The summed E-state index contributed by atoms with van der Waals surface area (Å²) in [7, 11) is 0. The maximum Gasteiger partial charge on any atom is 0.271 e. The van der Waals surface area contributed by atoms with Crippen LogP contribution in [0.2, 0.25) is 5.02 Å². The van der Waals surface area contributed by atoms with Gasteiger partial charge in [-0.15, -0.1) is 0 Å². The Kier molecular flexibility index (Phi) is 7.46. The molecule has 2 N–H and O–H groups in total. The van der Waals surface area contributed by atoms with E-state index in [1.165, 1.54) is 18.2 Å². The number of hydrazone groups is 1. The van der Waals surface area contributed by atoms with Crippen LogP contribution in [-0.4, -0.2) is 64.2 Å². The molecule has 0 radical (unpaired) electrons. The second kappa shape index (κ2) is 11.3. The van der Waals surface area contributed by atoms with Crippen LogP contribution >= 0.6 is 11.6 Å². The molecule has 5 rings (SSSR count). The summed E-state index contributed by atoms with van der Waals surface area (Å²) in [6.45, 7) is 2.61. The van der Waals surface area contributed by atoms with Gasteiger partial charge in [0.25, 0.3) is 5.91 Å². The maximum atomic E-state index is 13.1. The molecule has 192 valence electrons. The first-order chi connectivity index (χ1) is 18.5. The molecule has 3 aromatic carbocycles. The Morgan fingerprint density at radius 1 is 0.974 bits per heavy atom. The number of rotatable bonds is 6. The zero-order chi connectivity index (χ0) is 26.5. The largest absolute Gasteiger partial charge is 0.506 e. The number of phenols is 1. The lowest BCUT2D eigenvalue weighted by Crippen LogP contribution is -2.49. The molecule has 0 aliphatic carbocycles. The first-order valence-electron chi connectivity index (χ1n) is 12.1. The molecule has 1 saturated heterocycles. The number of aromatic nitrogens is 2. The van der Waals surface area contributed by atoms with Gasteiger partial charge in [-0.1, -0.05) is 48.0 Å². The molecular weight excluding hydrogens is 504 g/mol. The molecule has 1 fully saturated rings. The Morgan fingerprint density at radius 3 is 2.45 bits per heavy atom. The first-order valence-corrected chi connectivity index (χ1v) is 12.5. The molecule has 1 aliphatic heterocycles. The van der Waals surface area contributed by atoms with E-state index in [2.05, 4.69) is 25.4 Å². The van der Waals surface area contributed by atoms with E-state index in [0.717, 1.165) is 21.9 Å². The average molecular weight is 529 g/mol. The number of hydrogen-bond acceptors (Lipinski definition) is 7. The summed E-state index contributed by atoms with van der Waals surface area (Å²) in [6, 6.07) is 17.6. The van der Waals surface area contributed by atoms with Gasteiger partial charge >= 0.3 is 0 Å². The number of fused-ring (bicyclic) bond motifs is 1. The van der Waals surface area contributed by atoms with E-state index in [1.807, 2.05) is 41.3 Å². The molecule has 9 nitrogen and oxygen atoms in total. The van der Waals surface area contributed by atoms with Crippen molar-refractivity contribution in [2.24, 2.45) is 5.10 Å². The van der Waals surface area contributed by atoms with Gasteiger partial charge < -0.3 is 14.9 Å². The van der Waals surface area contributed by atoms with Crippen molar-refractivity contribution in [2.45, 2.75) is 6.42 Å². The summed E-state index contributed by atoms with van der Waals surface area (Å²) in [6.07, 6.45) is 5.30. The summed E-state index contributed by atoms with van der Waals surface area (Å²) in [4.78, 5) is 38.1. The molecule has 0 bridgehead atoms. The topological polar surface area (TPSA) is 111 Å². The molecule has 38 heavy (non-hydrogen) atoms. The number of anilines is 1. The zero-order valence-electron chi connectivity index (χ0n) is 20.4. The minimum Gasteiger partial charge on any atom is -0.506 e. The number of carbonyl (C=O) groups is 2. The van der Waals surface area contributed by atoms with Crippen molar-refractivity contribution in [1.82, 2.24) is 20.3 Å². The second-order valence-electron chi connectivity index (χ2n) is 8.82. The van der Waals surface area contributed by atoms with Gasteiger partial charge in [0, 0.05) is 49.7 Å².